The van der Waals surface area contributed by atoms with Crippen molar-refractivity contribution in [2.24, 2.45) is 0 Å². The van der Waals surface area contributed by atoms with E-state index in [1.165, 1.54) is 29.7 Å². The standard InChI is InChI=1S/C18H29N3/c1-4-5-6-7-11-21(3)18-10-8-9-15-13-20-16(14-19-2)12-17(15)18/h4,8-10,16,19-20H,1,5-7,11-14H2,2-3H3. The zero-order chi connectivity index (χ0) is 15.1. The molecule has 1 aromatic carbocycles. The van der Waals surface area contributed by atoms with Crippen LogP contribution >= 0.6 is 0 Å². The number of fused-ring (bicyclic) bond motifs is 1. The van der Waals surface area contributed by atoms with E-state index in [4.69, 9.17) is 0 Å². The van der Waals surface area contributed by atoms with Crippen molar-refractivity contribution >= 4 is 5.69 Å². The number of nitrogens with zero attached hydrogens (tertiary/aromatic N) is 1. The summed E-state index contributed by atoms with van der Waals surface area (Å²) in [6.07, 6.45) is 6.70. The van der Waals surface area contributed by atoms with Crippen LogP contribution in [0.1, 0.15) is 30.4 Å². The van der Waals surface area contributed by atoms with Gasteiger partial charge < -0.3 is 15.5 Å². The van der Waals surface area contributed by atoms with Crippen LogP contribution in [0.25, 0.3) is 0 Å². The Kier molecular flexibility index (Phi) is 6.27. The summed E-state index contributed by atoms with van der Waals surface area (Å²) >= 11 is 0. The van der Waals surface area contributed by atoms with Gasteiger partial charge in [-0.25, -0.2) is 0 Å². The fraction of sp³-hybridized carbons (Fsp3) is 0.556. The van der Waals surface area contributed by atoms with Gasteiger partial charge in [-0.15, -0.1) is 6.58 Å². The van der Waals surface area contributed by atoms with Gasteiger partial charge in [-0.05, 0) is 49.9 Å². The van der Waals surface area contributed by atoms with Crippen molar-refractivity contribution in [2.75, 3.05) is 32.1 Å². The van der Waals surface area contributed by atoms with Crippen LogP contribution in [0.3, 0.4) is 0 Å². The topological polar surface area (TPSA) is 27.3 Å². The lowest BCUT2D eigenvalue weighted by Gasteiger charge is -2.31. The fourth-order valence-electron chi connectivity index (χ4n) is 3.10. The van der Waals surface area contributed by atoms with Crippen molar-refractivity contribution < 1.29 is 0 Å². The molecular formula is C18H29N3. The van der Waals surface area contributed by atoms with Gasteiger partial charge in [-0.2, -0.15) is 0 Å². The molecule has 0 aliphatic carbocycles. The quantitative estimate of drug-likeness (QED) is 0.569. The Hall–Kier alpha value is -1.32. The minimum Gasteiger partial charge on any atom is -0.374 e. The normalized spacial score (nSPS) is 17.3. The summed E-state index contributed by atoms with van der Waals surface area (Å²) in [6, 6.07) is 7.26. The number of hydrogen-bond donors (Lipinski definition) is 2. The Bertz CT molecular complexity index is 456. The van der Waals surface area contributed by atoms with Crippen LogP contribution in [0.5, 0.6) is 0 Å². The maximum absolute atomic E-state index is 3.79. The molecule has 0 saturated carbocycles. The predicted molar refractivity (Wildman–Crippen MR) is 92.0 cm³/mol. The van der Waals surface area contributed by atoms with Gasteiger partial charge in [0.15, 0.2) is 0 Å². The van der Waals surface area contributed by atoms with E-state index in [0.717, 1.165) is 32.5 Å². The number of unbranched alkanes of at least 4 members (excludes halogenated alkanes) is 2. The highest BCUT2D eigenvalue weighted by atomic mass is 15.1. The van der Waals surface area contributed by atoms with Crippen LogP contribution in [0.4, 0.5) is 5.69 Å². The average Bonchev–Trinajstić information content (AvgIpc) is 2.51. The third-order valence-corrected chi connectivity index (χ3v) is 4.29. The molecule has 3 nitrogen and oxygen atoms in total. The Balaban J connectivity index is 2.04. The van der Waals surface area contributed by atoms with Gasteiger partial charge >= 0.3 is 0 Å². The van der Waals surface area contributed by atoms with Crippen molar-refractivity contribution in [1.82, 2.24) is 10.6 Å². The number of allylic oxidation sites excluding steroid dienone is 1. The molecule has 0 amide bonds. The Labute approximate surface area is 129 Å². The lowest BCUT2D eigenvalue weighted by Crippen LogP contribution is -2.42. The van der Waals surface area contributed by atoms with E-state index in [0.29, 0.717) is 6.04 Å². The molecule has 0 bridgehead atoms. The summed E-state index contributed by atoms with van der Waals surface area (Å²) in [5.74, 6) is 0. The first-order chi connectivity index (χ1) is 10.3. The Morgan fingerprint density at radius 3 is 3.05 bits per heavy atom. The van der Waals surface area contributed by atoms with Gasteiger partial charge in [0, 0.05) is 38.4 Å². The molecule has 1 unspecified atom stereocenters. The number of anilines is 1. The zero-order valence-corrected chi connectivity index (χ0v) is 13.5. The lowest BCUT2D eigenvalue weighted by atomic mass is 9.93. The van der Waals surface area contributed by atoms with E-state index in [1.54, 1.807) is 0 Å². The van der Waals surface area contributed by atoms with Crippen molar-refractivity contribution in [3.05, 3.63) is 42.0 Å². The SMILES string of the molecule is C=CCCCCN(C)c1cccc2c1CC(CNC)NC2. The molecule has 2 rings (SSSR count). The summed E-state index contributed by atoms with van der Waals surface area (Å²) in [5.41, 5.74) is 4.40. The van der Waals surface area contributed by atoms with Gasteiger partial charge in [0.25, 0.3) is 0 Å². The molecule has 1 aliphatic heterocycles. The summed E-state index contributed by atoms with van der Waals surface area (Å²) in [5, 5.41) is 6.89. The maximum atomic E-state index is 3.79. The third-order valence-electron chi connectivity index (χ3n) is 4.29. The first-order valence-electron chi connectivity index (χ1n) is 8.07. The van der Waals surface area contributed by atoms with Crippen LogP contribution < -0.4 is 15.5 Å². The number of likely N-dealkylation sites (N-methyl/N-ethyl adjacent to an activating group) is 1. The van der Waals surface area contributed by atoms with Crippen LogP contribution in [-0.4, -0.2) is 33.2 Å². The molecule has 0 aromatic heterocycles. The van der Waals surface area contributed by atoms with Crippen molar-refractivity contribution in [1.29, 1.82) is 0 Å². The smallest absolute Gasteiger partial charge is 0.0400 e. The van der Waals surface area contributed by atoms with Crippen LogP contribution in [0, 0.1) is 0 Å². The van der Waals surface area contributed by atoms with Crippen molar-refractivity contribution in [3.8, 4) is 0 Å². The highest BCUT2D eigenvalue weighted by Crippen LogP contribution is 2.27. The second-order valence-electron chi connectivity index (χ2n) is 5.96. The van der Waals surface area contributed by atoms with Crippen LogP contribution in [0.15, 0.2) is 30.9 Å². The van der Waals surface area contributed by atoms with Crippen LogP contribution in [-0.2, 0) is 13.0 Å². The van der Waals surface area contributed by atoms with E-state index in [2.05, 4.69) is 47.4 Å². The van der Waals surface area contributed by atoms with Gasteiger partial charge in [0.2, 0.25) is 0 Å². The molecule has 2 N–H and O–H groups in total. The second-order valence-corrected chi connectivity index (χ2v) is 5.96. The Morgan fingerprint density at radius 2 is 2.29 bits per heavy atom. The number of hydrogen-bond acceptors (Lipinski definition) is 3. The number of rotatable bonds is 8. The van der Waals surface area contributed by atoms with Crippen LogP contribution in [0.2, 0.25) is 0 Å². The molecular weight excluding hydrogens is 258 g/mol. The van der Waals surface area contributed by atoms with Gasteiger partial charge in [0.05, 0.1) is 0 Å². The average molecular weight is 287 g/mol. The maximum Gasteiger partial charge on any atom is 0.0400 e. The van der Waals surface area contributed by atoms with Gasteiger partial charge in [0.1, 0.15) is 0 Å². The number of benzene rings is 1. The van der Waals surface area contributed by atoms with E-state index in [-0.39, 0.29) is 0 Å². The largest absolute Gasteiger partial charge is 0.374 e. The first-order valence-corrected chi connectivity index (χ1v) is 8.07. The van der Waals surface area contributed by atoms with Crippen molar-refractivity contribution in [3.63, 3.8) is 0 Å². The van der Waals surface area contributed by atoms with E-state index >= 15 is 0 Å². The minimum atomic E-state index is 0.540. The predicted octanol–water partition coefficient (Wildman–Crippen LogP) is 2.71. The summed E-state index contributed by atoms with van der Waals surface area (Å²) < 4.78 is 0. The second kappa shape index (κ2) is 8.20. The molecule has 0 fully saturated rings. The van der Waals surface area contributed by atoms with Gasteiger partial charge in [-0.1, -0.05) is 18.2 Å². The molecule has 1 aromatic rings. The zero-order valence-electron chi connectivity index (χ0n) is 13.5. The third kappa shape index (κ3) is 4.32. The molecule has 21 heavy (non-hydrogen) atoms. The summed E-state index contributed by atoms with van der Waals surface area (Å²) in [6.45, 7) is 6.92. The molecule has 0 spiro atoms. The van der Waals surface area contributed by atoms with Gasteiger partial charge in [-0.3, -0.25) is 0 Å². The van der Waals surface area contributed by atoms with E-state index in [9.17, 15) is 0 Å². The highest BCUT2D eigenvalue weighted by Gasteiger charge is 2.20. The molecule has 0 radical (unpaired) electrons. The summed E-state index contributed by atoms with van der Waals surface area (Å²) in [7, 11) is 4.24. The van der Waals surface area contributed by atoms with Crippen molar-refractivity contribution in [2.45, 2.75) is 38.3 Å². The molecule has 1 atom stereocenters. The Morgan fingerprint density at radius 1 is 1.43 bits per heavy atom. The van der Waals surface area contributed by atoms with E-state index in [1.807, 2.05) is 13.1 Å². The minimum absolute atomic E-state index is 0.540. The molecule has 3 heteroatoms. The first kappa shape index (κ1) is 16.1. The number of nitrogens with one attached hydrogen (secondary N) is 2. The molecule has 116 valence electrons. The molecule has 0 saturated heterocycles. The highest BCUT2D eigenvalue weighted by molar-refractivity contribution is 5.57. The van der Waals surface area contributed by atoms with E-state index < -0.39 is 0 Å². The monoisotopic (exact) mass is 287 g/mol. The molecule has 1 aliphatic rings. The fourth-order valence-corrected chi connectivity index (χ4v) is 3.10. The summed E-state index contributed by atoms with van der Waals surface area (Å²) in [4.78, 5) is 2.42. The lowest BCUT2D eigenvalue weighted by molar-refractivity contribution is 0.462. The molecule has 1 heterocycles.